The number of morpholine rings is 1. The van der Waals surface area contributed by atoms with Crippen molar-refractivity contribution in [3.8, 4) is 5.75 Å². The fourth-order valence-electron chi connectivity index (χ4n) is 3.35. The van der Waals surface area contributed by atoms with E-state index in [0.717, 1.165) is 29.8 Å². The van der Waals surface area contributed by atoms with Crippen LogP contribution in [0.5, 0.6) is 5.75 Å². The number of ether oxygens (including phenoxy) is 3. The average molecular weight is 354 g/mol. The minimum atomic E-state index is -0.379. The number of esters is 1. The van der Waals surface area contributed by atoms with Gasteiger partial charge in [0.05, 0.1) is 31.1 Å². The first kappa shape index (κ1) is 17.1. The van der Waals surface area contributed by atoms with Gasteiger partial charge in [-0.15, -0.1) is 0 Å². The van der Waals surface area contributed by atoms with Crippen LogP contribution in [0.25, 0.3) is 0 Å². The van der Waals surface area contributed by atoms with Crippen LogP contribution in [-0.4, -0.2) is 42.2 Å². The lowest BCUT2D eigenvalue weighted by Crippen LogP contribution is -2.39. The van der Waals surface area contributed by atoms with E-state index in [0.29, 0.717) is 36.8 Å². The minimum Gasteiger partial charge on any atom is -0.421 e. The van der Waals surface area contributed by atoms with Gasteiger partial charge in [0.1, 0.15) is 6.23 Å². The monoisotopic (exact) mass is 354 g/mol. The highest BCUT2D eigenvalue weighted by Crippen LogP contribution is 2.41. The molecule has 0 amide bonds. The molecule has 2 aliphatic heterocycles. The Hall–Kier alpha value is -2.28. The molecule has 1 saturated heterocycles. The third-order valence-electron chi connectivity index (χ3n) is 4.84. The van der Waals surface area contributed by atoms with Crippen LogP contribution < -0.4 is 4.74 Å². The highest BCUT2D eigenvalue weighted by molar-refractivity contribution is 5.91. The van der Waals surface area contributed by atoms with Crippen LogP contribution in [0.2, 0.25) is 0 Å². The van der Waals surface area contributed by atoms with E-state index in [-0.39, 0.29) is 12.2 Å². The number of hydrogen-bond acceptors (Lipinski definition) is 6. The fourth-order valence-corrected chi connectivity index (χ4v) is 3.35. The molecule has 26 heavy (non-hydrogen) atoms. The number of fused-ring (bicyclic) bond motifs is 1. The van der Waals surface area contributed by atoms with Gasteiger partial charge in [0.15, 0.2) is 5.75 Å². The van der Waals surface area contributed by atoms with Gasteiger partial charge in [0.25, 0.3) is 0 Å². The number of benzene rings is 1. The third kappa shape index (κ3) is 3.23. The number of aryl methyl sites for hydroxylation is 2. The highest BCUT2D eigenvalue weighted by Gasteiger charge is 2.35. The van der Waals surface area contributed by atoms with Crippen molar-refractivity contribution in [1.82, 2.24) is 9.88 Å². The van der Waals surface area contributed by atoms with E-state index in [1.165, 1.54) is 0 Å². The first-order valence-corrected chi connectivity index (χ1v) is 8.84. The van der Waals surface area contributed by atoms with Crippen molar-refractivity contribution in [2.45, 2.75) is 26.7 Å². The van der Waals surface area contributed by atoms with Crippen molar-refractivity contribution >= 4 is 5.97 Å². The Morgan fingerprint density at radius 3 is 2.65 bits per heavy atom. The van der Waals surface area contributed by atoms with Gasteiger partial charge in [-0.1, -0.05) is 17.7 Å². The summed E-state index contributed by atoms with van der Waals surface area (Å²) in [6, 6.07) is 7.35. The topological polar surface area (TPSA) is 60.9 Å². The molecule has 1 aromatic heterocycles. The first-order chi connectivity index (χ1) is 12.6. The van der Waals surface area contributed by atoms with Crippen LogP contribution in [0.3, 0.4) is 0 Å². The number of aromatic nitrogens is 1. The average Bonchev–Trinajstić information content (AvgIpc) is 3.09. The Bertz CT molecular complexity index is 813. The molecule has 1 fully saturated rings. The Morgan fingerprint density at radius 2 is 1.92 bits per heavy atom. The molecule has 1 aromatic carbocycles. The van der Waals surface area contributed by atoms with Gasteiger partial charge in [-0.05, 0) is 26.0 Å². The minimum absolute atomic E-state index is 0.226. The zero-order chi connectivity index (χ0) is 18.1. The molecule has 0 spiro atoms. The van der Waals surface area contributed by atoms with Gasteiger partial charge in [-0.25, -0.2) is 4.79 Å². The van der Waals surface area contributed by atoms with E-state index in [2.05, 4.69) is 9.88 Å². The summed E-state index contributed by atoms with van der Waals surface area (Å²) < 4.78 is 17.2. The zero-order valence-corrected chi connectivity index (χ0v) is 15.0. The standard InChI is InChI=1S/C20H22N2O4/c1-13-3-5-15(6-4-13)20(23)26-18-14(2)21-11-16-12-25-19(17(16)18)22-7-9-24-10-8-22/h3-6,11,19H,7-10,12H2,1-2H3. The van der Waals surface area contributed by atoms with Crippen LogP contribution >= 0.6 is 0 Å². The zero-order valence-electron chi connectivity index (χ0n) is 15.0. The van der Waals surface area contributed by atoms with Crippen molar-refractivity contribution in [3.63, 3.8) is 0 Å². The maximum Gasteiger partial charge on any atom is 0.343 e. The van der Waals surface area contributed by atoms with Gasteiger partial charge in [0.2, 0.25) is 0 Å². The largest absolute Gasteiger partial charge is 0.421 e. The van der Waals surface area contributed by atoms with E-state index in [4.69, 9.17) is 14.2 Å². The number of rotatable bonds is 3. The van der Waals surface area contributed by atoms with Crippen molar-refractivity contribution in [1.29, 1.82) is 0 Å². The van der Waals surface area contributed by atoms with Gasteiger partial charge < -0.3 is 14.2 Å². The predicted molar refractivity (Wildman–Crippen MR) is 95.0 cm³/mol. The third-order valence-corrected chi connectivity index (χ3v) is 4.84. The van der Waals surface area contributed by atoms with Gasteiger partial charge >= 0.3 is 5.97 Å². The Balaban J connectivity index is 1.65. The maximum atomic E-state index is 12.6. The summed E-state index contributed by atoms with van der Waals surface area (Å²) in [6.07, 6.45) is 1.59. The Morgan fingerprint density at radius 1 is 1.19 bits per heavy atom. The molecule has 2 aliphatic rings. The van der Waals surface area contributed by atoms with Crippen LogP contribution in [-0.2, 0) is 16.1 Å². The summed E-state index contributed by atoms with van der Waals surface area (Å²) in [4.78, 5) is 19.2. The number of carbonyl (C=O) groups excluding carboxylic acids is 1. The van der Waals surface area contributed by atoms with Gasteiger partial charge in [-0.2, -0.15) is 0 Å². The molecular weight excluding hydrogens is 332 g/mol. The number of carbonyl (C=O) groups is 1. The first-order valence-electron chi connectivity index (χ1n) is 8.84. The lowest BCUT2D eigenvalue weighted by atomic mass is 10.1. The van der Waals surface area contributed by atoms with Gasteiger partial charge in [0, 0.05) is 30.4 Å². The smallest absolute Gasteiger partial charge is 0.343 e. The number of hydrogen-bond donors (Lipinski definition) is 0. The fraction of sp³-hybridized carbons (Fsp3) is 0.400. The van der Waals surface area contributed by atoms with E-state index in [9.17, 15) is 4.79 Å². The van der Waals surface area contributed by atoms with Crippen LogP contribution in [0.1, 0.15) is 39.0 Å². The molecule has 0 aliphatic carbocycles. The molecule has 1 unspecified atom stereocenters. The molecular formula is C20H22N2O4. The van der Waals surface area contributed by atoms with Crippen LogP contribution in [0.15, 0.2) is 30.5 Å². The van der Waals surface area contributed by atoms with Crippen LogP contribution in [0.4, 0.5) is 0 Å². The summed E-state index contributed by atoms with van der Waals surface area (Å²) in [5.74, 6) is 0.137. The molecule has 0 radical (unpaired) electrons. The number of nitrogens with zero attached hydrogens (tertiary/aromatic N) is 2. The van der Waals surface area contributed by atoms with Gasteiger partial charge in [-0.3, -0.25) is 9.88 Å². The molecule has 6 nitrogen and oxygen atoms in total. The van der Waals surface area contributed by atoms with Crippen molar-refractivity contribution in [3.05, 3.63) is 58.4 Å². The summed E-state index contributed by atoms with van der Waals surface area (Å²) in [5.41, 5.74) is 4.20. The van der Waals surface area contributed by atoms with Crippen LogP contribution in [0, 0.1) is 13.8 Å². The molecule has 2 aromatic rings. The Kier molecular flexibility index (Phi) is 4.72. The van der Waals surface area contributed by atoms with Crippen molar-refractivity contribution in [2.75, 3.05) is 26.3 Å². The van der Waals surface area contributed by atoms with E-state index >= 15 is 0 Å². The predicted octanol–water partition coefficient (Wildman–Crippen LogP) is 2.78. The molecule has 0 N–H and O–H groups in total. The second-order valence-corrected chi connectivity index (χ2v) is 6.68. The molecule has 4 rings (SSSR count). The molecule has 136 valence electrons. The molecule has 0 saturated carbocycles. The second-order valence-electron chi connectivity index (χ2n) is 6.68. The maximum absolute atomic E-state index is 12.6. The second kappa shape index (κ2) is 7.15. The molecule has 0 bridgehead atoms. The SMILES string of the molecule is Cc1ccc(C(=O)Oc2c(C)ncc3c2C(N2CCOCC2)OC3)cc1. The molecule has 6 heteroatoms. The number of pyridine rings is 1. The lowest BCUT2D eigenvalue weighted by molar-refractivity contribution is -0.0918. The summed E-state index contributed by atoms with van der Waals surface area (Å²) in [5, 5.41) is 0. The summed E-state index contributed by atoms with van der Waals surface area (Å²) in [6.45, 7) is 7.24. The van der Waals surface area contributed by atoms with E-state index in [1.54, 1.807) is 12.1 Å². The molecule has 1 atom stereocenters. The van der Waals surface area contributed by atoms with Crippen molar-refractivity contribution < 1.29 is 19.0 Å². The lowest BCUT2D eigenvalue weighted by Gasteiger charge is -2.32. The van der Waals surface area contributed by atoms with Crippen molar-refractivity contribution in [2.24, 2.45) is 0 Å². The quantitative estimate of drug-likeness (QED) is 0.790. The highest BCUT2D eigenvalue weighted by atomic mass is 16.5. The normalized spacial score (nSPS) is 20.0. The van der Waals surface area contributed by atoms with E-state index in [1.807, 2.05) is 32.2 Å². The summed E-state index contributed by atoms with van der Waals surface area (Å²) >= 11 is 0. The Labute approximate surface area is 152 Å². The van der Waals surface area contributed by atoms with E-state index < -0.39 is 0 Å². The summed E-state index contributed by atoms with van der Waals surface area (Å²) in [7, 11) is 0. The molecule has 3 heterocycles.